The van der Waals surface area contributed by atoms with E-state index in [0.29, 0.717) is 0 Å². The normalized spacial score (nSPS) is 16.4. The number of amides is 1. The van der Waals surface area contributed by atoms with Gasteiger partial charge in [0.2, 0.25) is 11.5 Å². The van der Waals surface area contributed by atoms with E-state index in [0.717, 1.165) is 46.4 Å². The number of thioether (sulfide) groups is 1. The molecule has 0 bridgehead atoms. The van der Waals surface area contributed by atoms with Crippen LogP contribution < -0.4 is 5.32 Å². The molecule has 0 aromatic heterocycles. The van der Waals surface area contributed by atoms with Gasteiger partial charge < -0.3 is 10.4 Å². The summed E-state index contributed by atoms with van der Waals surface area (Å²) < 4.78 is 64.5. The highest BCUT2D eigenvalue weighted by Crippen LogP contribution is 2.43. The fourth-order valence-corrected chi connectivity index (χ4v) is 3.90. The van der Waals surface area contributed by atoms with Crippen LogP contribution in [0.15, 0.2) is 53.4 Å². The number of hydrogen-bond donors (Lipinski definition) is 2. The quantitative estimate of drug-likeness (QED) is 0.424. The Balaban J connectivity index is 1.58. The zero-order valence-corrected chi connectivity index (χ0v) is 16.6. The van der Waals surface area contributed by atoms with E-state index in [2.05, 4.69) is 5.32 Å². The lowest BCUT2D eigenvalue weighted by atomic mass is 9.93. The van der Waals surface area contributed by atoms with E-state index in [1.54, 1.807) is 11.8 Å². The first kappa shape index (κ1) is 22.6. The molecule has 0 spiro atoms. The van der Waals surface area contributed by atoms with Gasteiger partial charge in [-0.3, -0.25) is 4.79 Å². The maximum atomic E-state index is 12.9. The number of alkyl halides is 5. The minimum atomic E-state index is -5.55. The molecule has 2 aromatic rings. The molecule has 1 atom stereocenters. The minimum absolute atomic E-state index is 0.0544. The van der Waals surface area contributed by atoms with Crippen molar-refractivity contribution in [3.8, 4) is 0 Å². The fourth-order valence-electron chi connectivity index (χ4n) is 2.81. The van der Waals surface area contributed by atoms with Crippen molar-refractivity contribution < 1.29 is 31.9 Å². The first-order chi connectivity index (χ1) is 14.1. The summed E-state index contributed by atoms with van der Waals surface area (Å²) in [6, 6.07) is 11.1. The maximum absolute atomic E-state index is 12.9. The van der Waals surface area contributed by atoms with Gasteiger partial charge in [0.1, 0.15) is 0 Å². The van der Waals surface area contributed by atoms with Crippen LogP contribution in [0.5, 0.6) is 0 Å². The van der Waals surface area contributed by atoms with Gasteiger partial charge in [0.05, 0.1) is 6.42 Å². The van der Waals surface area contributed by atoms with Crippen molar-refractivity contribution in [2.45, 2.75) is 42.4 Å². The second-order valence-corrected chi connectivity index (χ2v) is 8.36. The van der Waals surface area contributed by atoms with Crippen LogP contribution in [0.1, 0.15) is 24.0 Å². The summed E-state index contributed by atoms with van der Waals surface area (Å²) >= 11 is 1.77. The van der Waals surface area contributed by atoms with Crippen LogP contribution >= 0.6 is 11.8 Å². The average molecular weight is 445 g/mol. The molecule has 162 valence electrons. The Labute approximate surface area is 174 Å². The van der Waals surface area contributed by atoms with E-state index >= 15 is 0 Å². The summed E-state index contributed by atoms with van der Waals surface area (Å²) in [5.41, 5.74) is -4.36. The van der Waals surface area contributed by atoms with E-state index in [9.17, 15) is 31.9 Å². The molecule has 0 radical (unpaired) electrons. The number of benzene rings is 2. The van der Waals surface area contributed by atoms with Crippen LogP contribution in [0.25, 0.3) is 0 Å². The predicted molar refractivity (Wildman–Crippen MR) is 105 cm³/mol. The SMILES string of the molecule is O=C(Cc1ccc(SCC2CC2)cc1)Nc1ccc(C(O)(C(F)F)C(F)(F)F)cc1. The Hall–Kier alpha value is -2.13. The molecule has 2 aromatic carbocycles. The van der Waals surface area contributed by atoms with Crippen LogP contribution in [0.3, 0.4) is 0 Å². The predicted octanol–water partition coefficient (Wildman–Crippen LogP) is 5.38. The van der Waals surface area contributed by atoms with E-state index in [1.807, 2.05) is 24.3 Å². The fraction of sp³-hybridized carbons (Fsp3) is 0.381. The average Bonchev–Trinajstić information content (AvgIpc) is 3.51. The number of carbonyl (C=O) groups excluding carboxylic acids is 1. The lowest BCUT2D eigenvalue weighted by Gasteiger charge is -2.30. The number of rotatable bonds is 8. The molecule has 1 aliphatic carbocycles. The smallest absolute Gasteiger partial charge is 0.372 e. The Morgan fingerprint density at radius 1 is 1.07 bits per heavy atom. The number of anilines is 1. The molecule has 1 fully saturated rings. The van der Waals surface area contributed by atoms with E-state index in [1.165, 1.54) is 12.8 Å². The zero-order chi connectivity index (χ0) is 21.9. The van der Waals surface area contributed by atoms with E-state index in [-0.39, 0.29) is 12.1 Å². The van der Waals surface area contributed by atoms with Gasteiger partial charge >= 0.3 is 6.18 Å². The second-order valence-electron chi connectivity index (χ2n) is 7.27. The summed E-state index contributed by atoms with van der Waals surface area (Å²) in [5, 5.41) is 12.0. The van der Waals surface area contributed by atoms with Crippen LogP contribution in [0.2, 0.25) is 0 Å². The summed E-state index contributed by atoms with van der Waals surface area (Å²) in [4.78, 5) is 13.3. The van der Waals surface area contributed by atoms with Gasteiger partial charge in [0.15, 0.2) is 0 Å². The Morgan fingerprint density at radius 2 is 1.67 bits per heavy atom. The molecule has 0 aliphatic heterocycles. The van der Waals surface area contributed by atoms with Crippen LogP contribution in [-0.4, -0.2) is 29.4 Å². The van der Waals surface area contributed by atoms with E-state index in [4.69, 9.17) is 0 Å². The third-order valence-electron chi connectivity index (χ3n) is 4.83. The van der Waals surface area contributed by atoms with Crippen LogP contribution in [-0.2, 0) is 16.8 Å². The first-order valence-electron chi connectivity index (χ1n) is 9.29. The third-order valence-corrected chi connectivity index (χ3v) is 6.07. The Kier molecular flexibility index (Phi) is 6.71. The van der Waals surface area contributed by atoms with E-state index < -0.39 is 29.7 Å². The van der Waals surface area contributed by atoms with Crippen LogP contribution in [0.4, 0.5) is 27.6 Å². The van der Waals surface area contributed by atoms with Gasteiger partial charge in [-0.1, -0.05) is 24.3 Å². The highest BCUT2D eigenvalue weighted by molar-refractivity contribution is 7.99. The summed E-state index contributed by atoms with van der Waals surface area (Å²) in [6.07, 6.45) is -6.98. The second kappa shape index (κ2) is 8.93. The Bertz CT molecular complexity index is 866. The molecule has 1 amide bonds. The number of carbonyl (C=O) groups is 1. The summed E-state index contributed by atoms with van der Waals surface area (Å²) in [5.74, 6) is 1.49. The van der Waals surface area contributed by atoms with Crippen molar-refractivity contribution in [3.05, 3.63) is 59.7 Å². The van der Waals surface area contributed by atoms with Crippen molar-refractivity contribution >= 4 is 23.4 Å². The number of hydrogen-bond acceptors (Lipinski definition) is 3. The van der Waals surface area contributed by atoms with Gasteiger partial charge in [-0.15, -0.1) is 11.8 Å². The van der Waals surface area contributed by atoms with Crippen molar-refractivity contribution in [2.24, 2.45) is 5.92 Å². The van der Waals surface area contributed by atoms with Gasteiger partial charge in [0, 0.05) is 16.3 Å². The van der Waals surface area contributed by atoms with Gasteiger partial charge in [-0.05, 0) is 54.2 Å². The number of nitrogens with one attached hydrogen (secondary N) is 1. The third kappa shape index (κ3) is 5.31. The highest BCUT2D eigenvalue weighted by atomic mass is 32.2. The van der Waals surface area contributed by atoms with Gasteiger partial charge in [-0.25, -0.2) is 8.78 Å². The van der Waals surface area contributed by atoms with Crippen molar-refractivity contribution in [2.75, 3.05) is 11.1 Å². The number of halogens is 5. The Morgan fingerprint density at radius 3 is 2.17 bits per heavy atom. The molecular weight excluding hydrogens is 425 g/mol. The molecular formula is C21H20F5NO2S. The monoisotopic (exact) mass is 445 g/mol. The first-order valence-corrected chi connectivity index (χ1v) is 10.3. The largest absolute Gasteiger partial charge is 0.427 e. The van der Waals surface area contributed by atoms with Crippen molar-refractivity contribution in [1.29, 1.82) is 0 Å². The molecule has 1 aliphatic rings. The van der Waals surface area contributed by atoms with Crippen molar-refractivity contribution in [3.63, 3.8) is 0 Å². The van der Waals surface area contributed by atoms with Crippen molar-refractivity contribution in [1.82, 2.24) is 0 Å². The lowest BCUT2D eigenvalue weighted by molar-refractivity contribution is -0.305. The molecule has 3 rings (SSSR count). The highest BCUT2D eigenvalue weighted by Gasteiger charge is 2.61. The molecule has 0 heterocycles. The molecule has 9 heteroatoms. The maximum Gasteiger partial charge on any atom is 0.427 e. The van der Waals surface area contributed by atoms with Gasteiger partial charge in [-0.2, -0.15) is 13.2 Å². The van der Waals surface area contributed by atoms with Gasteiger partial charge in [0.25, 0.3) is 6.43 Å². The zero-order valence-electron chi connectivity index (χ0n) is 15.8. The minimum Gasteiger partial charge on any atom is -0.372 e. The molecule has 0 saturated heterocycles. The molecule has 1 saturated carbocycles. The van der Waals surface area contributed by atoms with Crippen LogP contribution in [0, 0.1) is 5.92 Å². The lowest BCUT2D eigenvalue weighted by Crippen LogP contribution is -2.48. The summed E-state index contributed by atoms with van der Waals surface area (Å²) in [6.45, 7) is 0. The molecule has 1 unspecified atom stereocenters. The molecule has 2 N–H and O–H groups in total. The molecule has 30 heavy (non-hydrogen) atoms. The number of aliphatic hydroxyl groups is 1. The summed E-state index contributed by atoms with van der Waals surface area (Å²) in [7, 11) is 0. The standard InChI is InChI=1S/C21H20F5NO2S/c22-19(23)20(29,21(24,25)26)15-5-7-16(8-6-15)27-18(28)11-13-3-9-17(10-4-13)30-12-14-1-2-14/h3-10,14,19,29H,1-2,11-12H2,(H,27,28). The topological polar surface area (TPSA) is 49.3 Å². The molecule has 3 nitrogen and oxygen atoms in total.